The summed E-state index contributed by atoms with van der Waals surface area (Å²) in [5.41, 5.74) is 4.93. The van der Waals surface area contributed by atoms with Gasteiger partial charge in [-0.2, -0.15) is 0 Å². The van der Waals surface area contributed by atoms with Crippen LogP contribution in [0.4, 0.5) is 4.79 Å². The van der Waals surface area contributed by atoms with Crippen LogP contribution in [0.3, 0.4) is 0 Å². The average Bonchev–Trinajstić information content (AvgIpc) is 2.61. The first-order valence-corrected chi connectivity index (χ1v) is 5.20. The Morgan fingerprint density at radius 1 is 1.44 bits per heavy atom. The van der Waals surface area contributed by atoms with Crippen molar-refractivity contribution in [3.63, 3.8) is 0 Å². The Hall–Kier alpha value is -2.45. The molecule has 0 aromatic carbocycles. The molecule has 98 valence electrons. The zero-order valence-electron chi connectivity index (χ0n) is 9.71. The minimum Gasteiger partial charge on any atom is -0.476 e. The van der Waals surface area contributed by atoms with Crippen molar-refractivity contribution in [2.75, 3.05) is 0 Å². The fourth-order valence-electron chi connectivity index (χ4n) is 1.42. The topological polar surface area (TPSA) is 140 Å². The number of amides is 3. The molecule has 0 aliphatic rings. The summed E-state index contributed by atoms with van der Waals surface area (Å²) in [4.78, 5) is 32.7. The Balaban J connectivity index is 2.91. The van der Waals surface area contributed by atoms with Crippen molar-refractivity contribution in [1.82, 2.24) is 20.3 Å². The zero-order chi connectivity index (χ0) is 13.7. The van der Waals surface area contributed by atoms with Crippen LogP contribution in [0.5, 0.6) is 0 Å². The molecule has 1 rings (SSSR count). The van der Waals surface area contributed by atoms with Crippen molar-refractivity contribution >= 4 is 17.9 Å². The van der Waals surface area contributed by atoms with E-state index in [0.29, 0.717) is 18.5 Å². The Morgan fingerprint density at radius 3 is 2.61 bits per heavy atom. The lowest BCUT2D eigenvalue weighted by atomic mass is 10.2. The van der Waals surface area contributed by atoms with E-state index in [4.69, 9.17) is 10.8 Å². The number of carbonyl (C=O) groups is 3. The first kappa shape index (κ1) is 13.6. The molecule has 3 amide bonds. The average molecular weight is 255 g/mol. The SMILES string of the molecule is CCCc1c(C(=O)O)nnn1CC(=O)NC(N)=O. The van der Waals surface area contributed by atoms with Crippen molar-refractivity contribution in [2.24, 2.45) is 5.73 Å². The minimum absolute atomic E-state index is 0.191. The summed E-state index contributed by atoms with van der Waals surface area (Å²) >= 11 is 0. The molecule has 1 heterocycles. The van der Waals surface area contributed by atoms with Crippen LogP contribution in [0, 0.1) is 0 Å². The molecule has 0 saturated carbocycles. The van der Waals surface area contributed by atoms with Crippen LogP contribution >= 0.6 is 0 Å². The minimum atomic E-state index is -1.21. The normalized spacial score (nSPS) is 10.1. The van der Waals surface area contributed by atoms with E-state index in [1.54, 1.807) is 0 Å². The van der Waals surface area contributed by atoms with Gasteiger partial charge in [0.25, 0.3) is 0 Å². The van der Waals surface area contributed by atoms with Gasteiger partial charge in [-0.05, 0) is 6.42 Å². The number of hydrogen-bond acceptors (Lipinski definition) is 5. The number of nitrogens with one attached hydrogen (secondary N) is 1. The summed E-state index contributed by atoms with van der Waals surface area (Å²) in [7, 11) is 0. The van der Waals surface area contributed by atoms with Crippen molar-refractivity contribution in [1.29, 1.82) is 0 Å². The Morgan fingerprint density at radius 2 is 2.11 bits per heavy atom. The van der Waals surface area contributed by atoms with E-state index in [1.165, 1.54) is 0 Å². The summed E-state index contributed by atoms with van der Waals surface area (Å²) in [6.45, 7) is 1.55. The van der Waals surface area contributed by atoms with Crippen LogP contribution < -0.4 is 11.1 Å². The number of rotatable bonds is 5. The number of carbonyl (C=O) groups excluding carboxylic acids is 2. The molecule has 0 atom stereocenters. The summed E-state index contributed by atoms with van der Waals surface area (Å²) in [6.07, 6.45) is 1.09. The molecule has 0 aliphatic carbocycles. The summed E-state index contributed by atoms with van der Waals surface area (Å²) in [5.74, 6) is -1.89. The van der Waals surface area contributed by atoms with Crippen LogP contribution in [0.1, 0.15) is 29.5 Å². The van der Waals surface area contributed by atoms with Gasteiger partial charge in [-0.3, -0.25) is 10.1 Å². The monoisotopic (exact) mass is 255 g/mol. The van der Waals surface area contributed by atoms with Crippen LogP contribution in [-0.4, -0.2) is 38.0 Å². The van der Waals surface area contributed by atoms with Crippen molar-refractivity contribution in [3.8, 4) is 0 Å². The molecule has 0 bridgehead atoms. The van der Waals surface area contributed by atoms with Gasteiger partial charge in [-0.1, -0.05) is 18.6 Å². The number of nitrogens with two attached hydrogens (primary N) is 1. The first-order chi connectivity index (χ1) is 8.45. The molecule has 9 nitrogen and oxygen atoms in total. The molecule has 1 aromatic heterocycles. The van der Waals surface area contributed by atoms with E-state index in [0.717, 1.165) is 4.68 Å². The number of nitrogens with zero attached hydrogens (tertiary/aromatic N) is 3. The molecule has 4 N–H and O–H groups in total. The third-order valence-electron chi connectivity index (χ3n) is 2.08. The molecule has 0 aliphatic heterocycles. The summed E-state index contributed by atoms with van der Waals surface area (Å²) in [6, 6.07) is -0.976. The summed E-state index contributed by atoms with van der Waals surface area (Å²) < 4.78 is 1.14. The van der Waals surface area contributed by atoms with Gasteiger partial charge in [0, 0.05) is 0 Å². The fraction of sp³-hybridized carbons (Fsp3) is 0.444. The van der Waals surface area contributed by atoms with Gasteiger partial charge in [0.15, 0.2) is 5.69 Å². The lowest BCUT2D eigenvalue weighted by molar-refractivity contribution is -0.120. The molecular weight excluding hydrogens is 242 g/mol. The van der Waals surface area contributed by atoms with Gasteiger partial charge in [-0.25, -0.2) is 14.3 Å². The van der Waals surface area contributed by atoms with E-state index >= 15 is 0 Å². The fourth-order valence-corrected chi connectivity index (χ4v) is 1.42. The predicted molar refractivity (Wildman–Crippen MR) is 58.7 cm³/mol. The maximum Gasteiger partial charge on any atom is 0.358 e. The number of urea groups is 1. The number of carboxylic acid groups (broad SMARTS) is 1. The third-order valence-corrected chi connectivity index (χ3v) is 2.08. The second-order valence-corrected chi connectivity index (χ2v) is 3.51. The molecule has 0 saturated heterocycles. The molecule has 1 aromatic rings. The lowest BCUT2D eigenvalue weighted by Crippen LogP contribution is -2.37. The van der Waals surface area contributed by atoms with Crippen LogP contribution in [-0.2, 0) is 17.8 Å². The van der Waals surface area contributed by atoms with E-state index in [-0.39, 0.29) is 12.2 Å². The molecule has 0 spiro atoms. The highest BCUT2D eigenvalue weighted by molar-refractivity contribution is 5.93. The second kappa shape index (κ2) is 5.75. The van der Waals surface area contributed by atoms with Gasteiger partial charge in [0.2, 0.25) is 5.91 Å². The largest absolute Gasteiger partial charge is 0.476 e. The quantitative estimate of drug-likeness (QED) is 0.624. The van der Waals surface area contributed by atoms with Crippen molar-refractivity contribution in [2.45, 2.75) is 26.3 Å². The molecule has 9 heteroatoms. The van der Waals surface area contributed by atoms with Crippen LogP contribution in [0.25, 0.3) is 0 Å². The van der Waals surface area contributed by atoms with Crippen molar-refractivity contribution < 1.29 is 19.5 Å². The van der Waals surface area contributed by atoms with E-state index < -0.39 is 17.9 Å². The number of aromatic nitrogens is 3. The maximum absolute atomic E-state index is 11.3. The zero-order valence-corrected chi connectivity index (χ0v) is 9.71. The number of carboxylic acids is 1. The van der Waals surface area contributed by atoms with Crippen molar-refractivity contribution in [3.05, 3.63) is 11.4 Å². The third kappa shape index (κ3) is 3.27. The van der Waals surface area contributed by atoms with Crippen LogP contribution in [0.2, 0.25) is 0 Å². The number of aromatic carboxylic acids is 1. The highest BCUT2D eigenvalue weighted by atomic mass is 16.4. The van der Waals surface area contributed by atoms with E-state index in [9.17, 15) is 14.4 Å². The van der Waals surface area contributed by atoms with Crippen LogP contribution in [0.15, 0.2) is 0 Å². The number of primary amides is 1. The van der Waals surface area contributed by atoms with Gasteiger partial charge in [0.1, 0.15) is 6.54 Å². The standard InChI is InChI=1S/C9H13N5O4/c1-2-3-5-7(8(16)17)12-13-14(5)4-6(15)11-9(10)18/h2-4H2,1H3,(H,16,17)(H3,10,11,15,18). The van der Waals surface area contributed by atoms with Gasteiger partial charge in [0.05, 0.1) is 5.69 Å². The smallest absolute Gasteiger partial charge is 0.358 e. The Bertz CT molecular complexity index is 481. The molecule has 0 unspecified atom stereocenters. The number of hydrogen-bond donors (Lipinski definition) is 3. The summed E-state index contributed by atoms with van der Waals surface area (Å²) in [5, 5.41) is 17.8. The van der Waals surface area contributed by atoms with E-state index in [2.05, 4.69) is 10.3 Å². The Kier molecular flexibility index (Phi) is 4.35. The molecule has 0 radical (unpaired) electrons. The molecule has 18 heavy (non-hydrogen) atoms. The van der Waals surface area contributed by atoms with Gasteiger partial charge < -0.3 is 10.8 Å². The second-order valence-electron chi connectivity index (χ2n) is 3.51. The lowest BCUT2D eigenvalue weighted by Gasteiger charge is -2.05. The number of imide groups is 1. The van der Waals surface area contributed by atoms with Gasteiger partial charge >= 0.3 is 12.0 Å². The highest BCUT2D eigenvalue weighted by Crippen LogP contribution is 2.08. The van der Waals surface area contributed by atoms with E-state index in [1.807, 2.05) is 12.2 Å². The predicted octanol–water partition coefficient (Wildman–Crippen LogP) is -0.876. The molecular formula is C9H13N5O4. The molecule has 0 fully saturated rings. The highest BCUT2D eigenvalue weighted by Gasteiger charge is 2.19. The first-order valence-electron chi connectivity index (χ1n) is 5.20. The van der Waals surface area contributed by atoms with Gasteiger partial charge in [-0.15, -0.1) is 5.10 Å². The Labute approximate surface area is 102 Å². The maximum atomic E-state index is 11.3.